The van der Waals surface area contributed by atoms with Gasteiger partial charge in [-0.15, -0.1) is 10.2 Å². The fourth-order valence-electron chi connectivity index (χ4n) is 3.24. The molecule has 1 aliphatic rings. The Bertz CT molecular complexity index is 1030. The number of hydrogen-bond acceptors (Lipinski definition) is 5. The normalized spacial score (nSPS) is 16.7. The molecule has 27 heavy (non-hydrogen) atoms. The van der Waals surface area contributed by atoms with Crippen molar-refractivity contribution in [2.75, 3.05) is 18.6 Å². The number of rotatable bonds is 4. The molecule has 1 aromatic carbocycles. The predicted octanol–water partition coefficient (Wildman–Crippen LogP) is 1.58. The van der Waals surface area contributed by atoms with Crippen molar-refractivity contribution >= 4 is 23.1 Å². The lowest BCUT2D eigenvalue weighted by Crippen LogP contribution is -2.37. The number of pyridine rings is 1. The number of aryl methyl sites for hydroxylation is 1. The molecule has 2 aromatic heterocycles. The minimum Gasteiger partial charge on any atom is -0.497 e. The molecule has 138 valence electrons. The molecular formula is C19H19N5O3. The first-order valence-corrected chi connectivity index (χ1v) is 8.62. The van der Waals surface area contributed by atoms with E-state index in [9.17, 15) is 9.59 Å². The molecule has 3 heterocycles. The topological polar surface area (TPSA) is 88.8 Å². The predicted molar refractivity (Wildman–Crippen MR) is 98.9 cm³/mol. The van der Waals surface area contributed by atoms with E-state index >= 15 is 0 Å². The molecule has 3 aromatic rings. The third kappa shape index (κ3) is 3.21. The van der Waals surface area contributed by atoms with Gasteiger partial charge in [0.05, 0.1) is 18.7 Å². The van der Waals surface area contributed by atoms with Crippen LogP contribution in [0.1, 0.15) is 22.6 Å². The zero-order valence-corrected chi connectivity index (χ0v) is 15.0. The summed E-state index contributed by atoms with van der Waals surface area (Å²) in [4.78, 5) is 26.7. The average molecular weight is 365 g/mol. The van der Waals surface area contributed by atoms with E-state index in [1.807, 2.05) is 31.2 Å². The molecule has 4 rings (SSSR count). The van der Waals surface area contributed by atoms with Crippen LogP contribution < -0.4 is 15.0 Å². The maximum Gasteiger partial charge on any atom is 0.253 e. The molecule has 1 aliphatic heterocycles. The van der Waals surface area contributed by atoms with E-state index in [4.69, 9.17) is 4.74 Å². The van der Waals surface area contributed by atoms with Crippen molar-refractivity contribution in [1.29, 1.82) is 0 Å². The number of hydrogen-bond donors (Lipinski definition) is 1. The van der Waals surface area contributed by atoms with Gasteiger partial charge in [0.2, 0.25) is 5.91 Å². The van der Waals surface area contributed by atoms with Crippen molar-refractivity contribution in [2.45, 2.75) is 19.4 Å². The van der Waals surface area contributed by atoms with Crippen molar-refractivity contribution in [2.24, 2.45) is 0 Å². The minimum absolute atomic E-state index is 0.0290. The molecular weight excluding hydrogens is 346 g/mol. The number of benzene rings is 1. The van der Waals surface area contributed by atoms with Crippen LogP contribution in [0.25, 0.3) is 5.65 Å². The first-order valence-electron chi connectivity index (χ1n) is 8.62. The molecule has 0 aliphatic carbocycles. The number of fused-ring (bicyclic) bond motifs is 1. The molecule has 0 bridgehead atoms. The quantitative estimate of drug-likeness (QED) is 0.758. The molecule has 8 nitrogen and oxygen atoms in total. The highest BCUT2D eigenvalue weighted by atomic mass is 16.5. The van der Waals surface area contributed by atoms with Crippen molar-refractivity contribution in [3.63, 3.8) is 0 Å². The number of ether oxygens (including phenoxy) is 1. The Morgan fingerprint density at radius 2 is 2.11 bits per heavy atom. The summed E-state index contributed by atoms with van der Waals surface area (Å²) in [5, 5.41) is 10.9. The summed E-state index contributed by atoms with van der Waals surface area (Å²) in [7, 11) is 1.59. The van der Waals surface area contributed by atoms with Gasteiger partial charge < -0.3 is 15.0 Å². The summed E-state index contributed by atoms with van der Waals surface area (Å²) >= 11 is 0. The van der Waals surface area contributed by atoms with Gasteiger partial charge in [-0.25, -0.2) is 0 Å². The smallest absolute Gasteiger partial charge is 0.253 e. The van der Waals surface area contributed by atoms with Gasteiger partial charge in [-0.2, -0.15) is 0 Å². The van der Waals surface area contributed by atoms with Crippen LogP contribution in [0.2, 0.25) is 0 Å². The summed E-state index contributed by atoms with van der Waals surface area (Å²) in [6.07, 6.45) is 1.97. The van der Waals surface area contributed by atoms with Crippen LogP contribution in [0.5, 0.6) is 5.75 Å². The summed E-state index contributed by atoms with van der Waals surface area (Å²) < 4.78 is 6.98. The highest BCUT2D eigenvalue weighted by Crippen LogP contribution is 2.25. The SMILES string of the molecule is COc1cccc(N2CC(NC(=O)c3ccc4nnc(C)n4c3)CC2=O)c1. The van der Waals surface area contributed by atoms with Gasteiger partial charge in [-0.1, -0.05) is 6.07 Å². The van der Waals surface area contributed by atoms with Crippen LogP contribution in [0, 0.1) is 6.92 Å². The first kappa shape index (κ1) is 17.0. The maximum absolute atomic E-state index is 12.6. The maximum atomic E-state index is 12.6. The zero-order chi connectivity index (χ0) is 19.0. The van der Waals surface area contributed by atoms with E-state index in [1.54, 1.807) is 34.7 Å². The lowest BCUT2D eigenvalue weighted by atomic mass is 10.2. The van der Waals surface area contributed by atoms with E-state index < -0.39 is 0 Å². The van der Waals surface area contributed by atoms with Crippen LogP contribution >= 0.6 is 0 Å². The Hall–Kier alpha value is -3.42. The van der Waals surface area contributed by atoms with Crippen LogP contribution in [0.3, 0.4) is 0 Å². The van der Waals surface area contributed by atoms with Gasteiger partial charge in [0.15, 0.2) is 5.65 Å². The standard InChI is InChI=1S/C19H19N5O3/c1-12-21-22-17-7-6-13(10-23(12)17)19(26)20-14-8-18(25)24(11-14)15-4-3-5-16(9-15)27-2/h3-7,9-10,14H,8,11H2,1-2H3,(H,20,26). The highest BCUT2D eigenvalue weighted by Gasteiger charge is 2.32. The largest absolute Gasteiger partial charge is 0.497 e. The molecule has 1 fully saturated rings. The number of carbonyl (C=O) groups is 2. The number of methoxy groups -OCH3 is 1. The number of amides is 2. The molecule has 0 saturated carbocycles. The molecule has 8 heteroatoms. The number of nitrogens with one attached hydrogen (secondary N) is 1. The number of aromatic nitrogens is 3. The Morgan fingerprint density at radius 3 is 2.93 bits per heavy atom. The van der Waals surface area contributed by atoms with E-state index in [1.165, 1.54) is 0 Å². The van der Waals surface area contributed by atoms with Crippen molar-refractivity contribution < 1.29 is 14.3 Å². The lowest BCUT2D eigenvalue weighted by molar-refractivity contribution is -0.117. The molecule has 0 radical (unpaired) electrons. The van der Waals surface area contributed by atoms with Crippen LogP contribution in [0.4, 0.5) is 5.69 Å². The Kier molecular flexibility index (Phi) is 4.23. The molecule has 0 spiro atoms. The second-order valence-corrected chi connectivity index (χ2v) is 6.47. The minimum atomic E-state index is -0.256. The van der Waals surface area contributed by atoms with Gasteiger partial charge >= 0.3 is 0 Å². The van der Waals surface area contributed by atoms with Gasteiger partial charge in [0.25, 0.3) is 5.91 Å². The number of carbonyl (C=O) groups excluding carboxylic acids is 2. The number of anilines is 1. The molecule has 1 saturated heterocycles. The van der Waals surface area contributed by atoms with Crippen LogP contribution in [-0.2, 0) is 4.79 Å². The van der Waals surface area contributed by atoms with Crippen LogP contribution in [0.15, 0.2) is 42.6 Å². The highest BCUT2D eigenvalue weighted by molar-refractivity contribution is 5.99. The fraction of sp³-hybridized carbons (Fsp3) is 0.263. The second-order valence-electron chi connectivity index (χ2n) is 6.47. The summed E-state index contributed by atoms with van der Waals surface area (Å²) in [5.41, 5.74) is 1.94. The number of nitrogens with zero attached hydrogens (tertiary/aromatic N) is 4. The average Bonchev–Trinajstić information content (AvgIpc) is 3.24. The fourth-order valence-corrected chi connectivity index (χ4v) is 3.24. The summed E-state index contributed by atoms with van der Waals surface area (Å²) in [5.74, 6) is 1.14. The summed E-state index contributed by atoms with van der Waals surface area (Å²) in [6, 6.07) is 10.5. The monoisotopic (exact) mass is 365 g/mol. The van der Waals surface area contributed by atoms with E-state index in [2.05, 4.69) is 15.5 Å². The van der Waals surface area contributed by atoms with Crippen molar-refractivity contribution in [3.05, 3.63) is 54.0 Å². The lowest BCUT2D eigenvalue weighted by Gasteiger charge is -2.18. The Morgan fingerprint density at radius 1 is 1.26 bits per heavy atom. The third-order valence-corrected chi connectivity index (χ3v) is 4.66. The van der Waals surface area contributed by atoms with Crippen molar-refractivity contribution in [1.82, 2.24) is 19.9 Å². The zero-order valence-electron chi connectivity index (χ0n) is 15.0. The molecule has 1 atom stereocenters. The van der Waals surface area contributed by atoms with E-state index in [0.29, 0.717) is 29.3 Å². The Labute approximate surface area is 155 Å². The van der Waals surface area contributed by atoms with Crippen molar-refractivity contribution in [3.8, 4) is 5.75 Å². The van der Waals surface area contributed by atoms with E-state index in [-0.39, 0.29) is 24.3 Å². The first-order chi connectivity index (χ1) is 13.0. The van der Waals surface area contributed by atoms with Gasteiger partial charge in [-0.3, -0.25) is 14.0 Å². The molecule has 2 amide bonds. The van der Waals surface area contributed by atoms with Gasteiger partial charge in [0, 0.05) is 30.9 Å². The van der Waals surface area contributed by atoms with Crippen LogP contribution in [-0.4, -0.2) is 46.1 Å². The van der Waals surface area contributed by atoms with Gasteiger partial charge in [-0.05, 0) is 31.2 Å². The summed E-state index contributed by atoms with van der Waals surface area (Å²) in [6.45, 7) is 2.25. The molecule has 1 N–H and O–H groups in total. The Balaban J connectivity index is 1.48. The van der Waals surface area contributed by atoms with Gasteiger partial charge in [0.1, 0.15) is 11.6 Å². The molecule has 1 unspecified atom stereocenters. The third-order valence-electron chi connectivity index (χ3n) is 4.66. The second kappa shape index (κ2) is 6.71. The van der Waals surface area contributed by atoms with E-state index in [0.717, 1.165) is 5.69 Å².